The lowest BCUT2D eigenvalue weighted by Gasteiger charge is -2.18. The molecule has 0 spiro atoms. The van der Waals surface area contributed by atoms with Crippen molar-refractivity contribution in [3.63, 3.8) is 0 Å². The molecule has 0 fully saturated rings. The third kappa shape index (κ3) is 3.75. The molecule has 1 atom stereocenters. The predicted octanol–water partition coefficient (Wildman–Crippen LogP) is 4.21. The van der Waals surface area contributed by atoms with Crippen LogP contribution in [0.5, 0.6) is 0 Å². The van der Waals surface area contributed by atoms with Crippen LogP contribution in [-0.4, -0.2) is 21.2 Å². The van der Waals surface area contributed by atoms with Gasteiger partial charge in [-0.3, -0.25) is 9.59 Å². The first-order chi connectivity index (χ1) is 14.5. The first kappa shape index (κ1) is 19.6. The van der Waals surface area contributed by atoms with E-state index in [-0.39, 0.29) is 17.5 Å². The molecule has 2 aromatic carbocycles. The summed E-state index contributed by atoms with van der Waals surface area (Å²) in [6.07, 6.45) is 2.38. The van der Waals surface area contributed by atoms with Crippen molar-refractivity contribution in [2.75, 3.05) is 11.1 Å². The molecule has 4 aromatic rings. The molecule has 30 heavy (non-hydrogen) atoms. The fraction of sp³-hybridized carbons (Fsp3) is 0.0909. The number of nitrogens with zero attached hydrogens (tertiary/aromatic N) is 2. The summed E-state index contributed by atoms with van der Waals surface area (Å²) in [5.74, 6) is 0.601. The van der Waals surface area contributed by atoms with Gasteiger partial charge in [-0.05, 0) is 36.1 Å². The molecular formula is C22H18ClN5O2. The number of aromatic amines is 1. The monoisotopic (exact) mass is 419 g/mol. The maximum Gasteiger partial charge on any atom is 0.257 e. The molecule has 2 heterocycles. The van der Waals surface area contributed by atoms with Gasteiger partial charge in [-0.25, -0.2) is 4.98 Å². The van der Waals surface area contributed by atoms with E-state index in [9.17, 15) is 9.59 Å². The van der Waals surface area contributed by atoms with Gasteiger partial charge in [0.15, 0.2) is 0 Å². The number of rotatable bonds is 5. The van der Waals surface area contributed by atoms with Gasteiger partial charge in [-0.15, -0.1) is 0 Å². The van der Waals surface area contributed by atoms with Crippen molar-refractivity contribution in [2.45, 2.75) is 13.0 Å². The Morgan fingerprint density at radius 2 is 2.00 bits per heavy atom. The maximum atomic E-state index is 12.5. The zero-order valence-corrected chi connectivity index (χ0v) is 16.8. The number of fused-ring (bicyclic) bond motifs is 1. The highest BCUT2D eigenvalue weighted by Crippen LogP contribution is 2.30. The van der Waals surface area contributed by atoms with Gasteiger partial charge in [0.25, 0.3) is 5.56 Å². The van der Waals surface area contributed by atoms with E-state index in [1.807, 2.05) is 25.1 Å². The van der Waals surface area contributed by atoms with Crippen molar-refractivity contribution in [1.29, 1.82) is 0 Å². The Kier molecular flexibility index (Phi) is 5.20. The molecule has 0 unspecified atom stereocenters. The standard InChI is InChI=1S/C22H18ClN5O2/c1-12(18-9-15-6-3-7-17(23)19(15)21(30)27-18)26-20-16(10-25-22(24)28-20)14-5-2-4-13(8-14)11-29/h2-12H,1H3,(H,27,30)(H3,24,25,26,28)/t12-/m0/s1. The number of hydrogen-bond acceptors (Lipinski definition) is 6. The van der Waals surface area contributed by atoms with Gasteiger partial charge >= 0.3 is 0 Å². The Morgan fingerprint density at radius 3 is 2.80 bits per heavy atom. The van der Waals surface area contributed by atoms with Gasteiger partial charge in [0.05, 0.1) is 16.5 Å². The molecule has 0 saturated carbocycles. The van der Waals surface area contributed by atoms with Crippen LogP contribution in [0, 0.1) is 0 Å². The molecule has 0 aliphatic rings. The third-order valence-electron chi connectivity index (χ3n) is 4.80. The van der Waals surface area contributed by atoms with E-state index < -0.39 is 0 Å². The van der Waals surface area contributed by atoms with E-state index in [1.165, 1.54) is 0 Å². The summed E-state index contributed by atoms with van der Waals surface area (Å²) in [6.45, 7) is 1.89. The van der Waals surface area contributed by atoms with Crippen LogP contribution in [0.15, 0.2) is 59.5 Å². The van der Waals surface area contributed by atoms with E-state index in [1.54, 1.807) is 36.5 Å². The van der Waals surface area contributed by atoms with Gasteiger partial charge in [-0.2, -0.15) is 4.98 Å². The minimum absolute atomic E-state index is 0.110. The number of halogens is 1. The summed E-state index contributed by atoms with van der Waals surface area (Å²) in [5.41, 5.74) is 8.20. The fourth-order valence-corrected chi connectivity index (χ4v) is 3.58. The number of nitrogens with two attached hydrogens (primary N) is 1. The zero-order chi connectivity index (χ0) is 21.3. The average Bonchev–Trinajstić information content (AvgIpc) is 2.73. The molecule has 0 bridgehead atoms. The number of carbonyl (C=O) groups is 1. The minimum atomic E-state index is -0.302. The first-order valence-electron chi connectivity index (χ1n) is 9.22. The number of benzene rings is 2. The Morgan fingerprint density at radius 1 is 1.20 bits per heavy atom. The highest BCUT2D eigenvalue weighted by Gasteiger charge is 2.15. The molecular weight excluding hydrogens is 402 g/mol. The molecule has 0 amide bonds. The number of aromatic nitrogens is 3. The number of hydrogen-bond donors (Lipinski definition) is 3. The topological polar surface area (TPSA) is 114 Å². The Hall–Kier alpha value is -3.71. The van der Waals surface area contributed by atoms with Crippen LogP contribution in [0.1, 0.15) is 29.0 Å². The largest absolute Gasteiger partial charge is 0.368 e. The van der Waals surface area contributed by atoms with Crippen LogP contribution in [-0.2, 0) is 0 Å². The second-order valence-electron chi connectivity index (χ2n) is 6.86. The van der Waals surface area contributed by atoms with Crippen molar-refractivity contribution in [2.24, 2.45) is 0 Å². The van der Waals surface area contributed by atoms with Crippen LogP contribution in [0.25, 0.3) is 21.9 Å². The molecule has 150 valence electrons. The number of pyridine rings is 1. The average molecular weight is 420 g/mol. The lowest BCUT2D eigenvalue weighted by molar-refractivity contribution is 0.112. The van der Waals surface area contributed by atoms with Gasteiger partial charge < -0.3 is 16.0 Å². The van der Waals surface area contributed by atoms with Crippen molar-refractivity contribution in [3.8, 4) is 11.1 Å². The number of nitrogens with one attached hydrogen (secondary N) is 2. The Labute approximate surface area is 176 Å². The molecule has 0 aliphatic heterocycles. The van der Waals surface area contributed by atoms with Crippen LogP contribution in [0.2, 0.25) is 5.02 Å². The van der Waals surface area contributed by atoms with Crippen LogP contribution < -0.4 is 16.6 Å². The lowest BCUT2D eigenvalue weighted by atomic mass is 10.0. The second-order valence-corrected chi connectivity index (χ2v) is 7.26. The molecule has 8 heteroatoms. The lowest BCUT2D eigenvalue weighted by Crippen LogP contribution is -2.17. The highest BCUT2D eigenvalue weighted by atomic mass is 35.5. The number of H-pyrrole nitrogens is 1. The van der Waals surface area contributed by atoms with Crippen molar-refractivity contribution < 1.29 is 4.79 Å². The molecule has 4 N–H and O–H groups in total. The Bertz CT molecular complexity index is 1320. The molecule has 4 rings (SSSR count). The highest BCUT2D eigenvalue weighted by molar-refractivity contribution is 6.35. The van der Waals surface area contributed by atoms with Gasteiger partial charge in [-0.1, -0.05) is 41.9 Å². The number of aldehydes is 1. The SMILES string of the molecule is C[C@H](Nc1nc(N)ncc1-c1cccc(C=O)c1)c1cc2cccc(Cl)c2c(=O)[nH]1. The summed E-state index contributed by atoms with van der Waals surface area (Å²) < 4.78 is 0. The number of nitrogen functional groups attached to an aromatic ring is 1. The summed E-state index contributed by atoms with van der Waals surface area (Å²) in [5, 5.41) is 4.89. The summed E-state index contributed by atoms with van der Waals surface area (Å²) >= 11 is 6.16. The second kappa shape index (κ2) is 7.96. The normalized spacial score (nSPS) is 11.9. The van der Waals surface area contributed by atoms with Crippen molar-refractivity contribution in [3.05, 3.63) is 81.4 Å². The third-order valence-corrected chi connectivity index (χ3v) is 5.12. The van der Waals surface area contributed by atoms with E-state index in [0.29, 0.717) is 33.0 Å². The summed E-state index contributed by atoms with van der Waals surface area (Å²) in [6, 6.07) is 14.0. The summed E-state index contributed by atoms with van der Waals surface area (Å²) in [4.78, 5) is 35.0. The van der Waals surface area contributed by atoms with Crippen molar-refractivity contribution in [1.82, 2.24) is 15.0 Å². The van der Waals surface area contributed by atoms with Crippen molar-refractivity contribution >= 4 is 40.4 Å². The predicted molar refractivity (Wildman–Crippen MR) is 119 cm³/mol. The molecule has 7 nitrogen and oxygen atoms in total. The first-order valence-corrected chi connectivity index (χ1v) is 9.60. The van der Waals surface area contributed by atoms with Gasteiger partial charge in [0.2, 0.25) is 5.95 Å². The fourth-order valence-electron chi connectivity index (χ4n) is 3.31. The molecule has 0 aliphatic carbocycles. The molecule has 2 aromatic heterocycles. The quantitative estimate of drug-likeness (QED) is 0.417. The maximum absolute atomic E-state index is 12.5. The smallest absolute Gasteiger partial charge is 0.257 e. The number of anilines is 2. The van der Waals surface area contributed by atoms with E-state index in [4.69, 9.17) is 17.3 Å². The molecule has 0 radical (unpaired) electrons. The van der Waals surface area contributed by atoms with Gasteiger partial charge in [0, 0.05) is 23.0 Å². The van der Waals surface area contributed by atoms with Gasteiger partial charge in [0.1, 0.15) is 12.1 Å². The zero-order valence-electron chi connectivity index (χ0n) is 16.0. The number of carbonyl (C=O) groups excluding carboxylic acids is 1. The van der Waals surface area contributed by atoms with E-state index >= 15 is 0 Å². The Balaban J connectivity index is 1.74. The van der Waals surface area contributed by atoms with E-state index in [0.717, 1.165) is 17.2 Å². The molecule has 0 saturated heterocycles. The summed E-state index contributed by atoms with van der Waals surface area (Å²) in [7, 11) is 0. The van der Waals surface area contributed by atoms with Crippen LogP contribution in [0.4, 0.5) is 11.8 Å². The minimum Gasteiger partial charge on any atom is -0.368 e. The van der Waals surface area contributed by atoms with E-state index in [2.05, 4.69) is 20.3 Å². The van der Waals surface area contributed by atoms with Crippen LogP contribution in [0.3, 0.4) is 0 Å². The van der Waals surface area contributed by atoms with Crippen LogP contribution >= 0.6 is 11.6 Å².